The highest BCUT2D eigenvalue weighted by molar-refractivity contribution is 7.99. The molecule has 1 aromatic heterocycles. The highest BCUT2D eigenvalue weighted by Gasteiger charge is 2.03. The minimum Gasteiger partial charge on any atom is -0.383 e. The maximum absolute atomic E-state index is 5.03. The van der Waals surface area contributed by atoms with Crippen LogP contribution >= 0.6 is 11.8 Å². The number of hydrogen-bond acceptors (Lipinski definition) is 4. The maximum atomic E-state index is 5.03. The van der Waals surface area contributed by atoms with Crippen molar-refractivity contribution >= 4 is 11.8 Å². The van der Waals surface area contributed by atoms with Crippen LogP contribution in [0.2, 0.25) is 0 Å². The molecule has 0 saturated heterocycles. The van der Waals surface area contributed by atoms with Crippen molar-refractivity contribution in [3.8, 4) is 0 Å². The molecule has 2 rings (SSSR count). The van der Waals surface area contributed by atoms with Gasteiger partial charge in [-0.25, -0.2) is 0 Å². The summed E-state index contributed by atoms with van der Waals surface area (Å²) in [4.78, 5) is 6.52. The van der Waals surface area contributed by atoms with Crippen LogP contribution in [-0.4, -0.2) is 25.2 Å². The molecule has 0 saturated carbocycles. The van der Waals surface area contributed by atoms with Crippen molar-refractivity contribution < 1.29 is 4.74 Å². The van der Waals surface area contributed by atoms with E-state index >= 15 is 0 Å². The third-order valence-electron chi connectivity index (χ3n) is 2.65. The molecule has 1 N–H and O–H groups in total. The lowest BCUT2D eigenvalue weighted by atomic mass is 10.2. The Morgan fingerprint density at radius 2 is 1.95 bits per heavy atom. The minimum absolute atomic E-state index is 0.736. The summed E-state index contributed by atoms with van der Waals surface area (Å²) in [5, 5.41) is 3.38. The molecule has 0 unspecified atom stereocenters. The van der Waals surface area contributed by atoms with E-state index in [1.807, 2.05) is 24.5 Å². The largest absolute Gasteiger partial charge is 0.383 e. The van der Waals surface area contributed by atoms with Gasteiger partial charge in [0.2, 0.25) is 0 Å². The SMILES string of the molecule is COCCNCc1ccccc1Sc1ccncc1. The van der Waals surface area contributed by atoms with Crippen molar-refractivity contribution in [1.82, 2.24) is 10.3 Å². The Morgan fingerprint density at radius 1 is 1.16 bits per heavy atom. The number of ether oxygens (including phenoxy) is 1. The van der Waals surface area contributed by atoms with Gasteiger partial charge in [0.1, 0.15) is 0 Å². The van der Waals surface area contributed by atoms with Gasteiger partial charge in [-0.05, 0) is 23.8 Å². The second kappa shape index (κ2) is 7.94. The van der Waals surface area contributed by atoms with Crippen LogP contribution in [0.25, 0.3) is 0 Å². The third kappa shape index (κ3) is 4.67. The fraction of sp³-hybridized carbons (Fsp3) is 0.267. The smallest absolute Gasteiger partial charge is 0.0587 e. The van der Waals surface area contributed by atoms with Gasteiger partial charge in [0.25, 0.3) is 0 Å². The fourth-order valence-electron chi connectivity index (χ4n) is 1.68. The lowest BCUT2D eigenvalue weighted by Crippen LogP contribution is -2.18. The highest BCUT2D eigenvalue weighted by atomic mass is 32.2. The standard InChI is InChI=1S/C15H18N2OS/c1-18-11-10-17-12-13-4-2-3-5-15(13)19-14-6-8-16-9-7-14/h2-9,17H,10-12H2,1H3. The van der Waals surface area contributed by atoms with Gasteiger partial charge in [-0.15, -0.1) is 0 Å². The van der Waals surface area contributed by atoms with Crippen LogP contribution in [0.1, 0.15) is 5.56 Å². The van der Waals surface area contributed by atoms with Crippen LogP contribution in [0.4, 0.5) is 0 Å². The third-order valence-corrected chi connectivity index (χ3v) is 3.77. The molecule has 3 nitrogen and oxygen atoms in total. The number of methoxy groups -OCH3 is 1. The fourth-order valence-corrected chi connectivity index (χ4v) is 2.61. The predicted molar refractivity (Wildman–Crippen MR) is 78.4 cm³/mol. The van der Waals surface area contributed by atoms with Crippen molar-refractivity contribution in [3.05, 3.63) is 54.4 Å². The molecule has 1 heterocycles. The zero-order valence-electron chi connectivity index (χ0n) is 11.0. The number of nitrogens with zero attached hydrogens (tertiary/aromatic N) is 1. The number of benzene rings is 1. The molecule has 0 radical (unpaired) electrons. The van der Waals surface area contributed by atoms with Crippen LogP contribution in [0.5, 0.6) is 0 Å². The minimum atomic E-state index is 0.736. The Balaban J connectivity index is 2.00. The van der Waals surface area contributed by atoms with E-state index in [0.717, 1.165) is 19.7 Å². The summed E-state index contributed by atoms with van der Waals surface area (Å²) in [6.45, 7) is 2.46. The van der Waals surface area contributed by atoms with Gasteiger partial charge < -0.3 is 10.1 Å². The molecule has 100 valence electrons. The lowest BCUT2D eigenvalue weighted by Gasteiger charge is -2.10. The average Bonchev–Trinajstić information content (AvgIpc) is 2.46. The van der Waals surface area contributed by atoms with Crippen molar-refractivity contribution in [3.63, 3.8) is 0 Å². The number of nitrogens with one attached hydrogen (secondary N) is 1. The van der Waals surface area contributed by atoms with Gasteiger partial charge in [0.15, 0.2) is 0 Å². The van der Waals surface area contributed by atoms with E-state index in [4.69, 9.17) is 4.74 Å². The van der Waals surface area contributed by atoms with Crippen LogP contribution in [-0.2, 0) is 11.3 Å². The van der Waals surface area contributed by atoms with E-state index in [1.54, 1.807) is 18.9 Å². The van der Waals surface area contributed by atoms with E-state index < -0.39 is 0 Å². The van der Waals surface area contributed by atoms with Gasteiger partial charge in [0, 0.05) is 42.4 Å². The molecule has 0 aliphatic rings. The number of aromatic nitrogens is 1. The monoisotopic (exact) mass is 274 g/mol. The molecule has 0 aliphatic carbocycles. The lowest BCUT2D eigenvalue weighted by molar-refractivity contribution is 0.199. The van der Waals surface area contributed by atoms with Gasteiger partial charge in [-0.1, -0.05) is 30.0 Å². The summed E-state index contributed by atoms with van der Waals surface area (Å²) in [5.74, 6) is 0. The van der Waals surface area contributed by atoms with E-state index in [9.17, 15) is 0 Å². The summed E-state index contributed by atoms with van der Waals surface area (Å²) >= 11 is 1.77. The van der Waals surface area contributed by atoms with Gasteiger partial charge in [0.05, 0.1) is 6.61 Å². The van der Waals surface area contributed by atoms with Crippen LogP contribution in [0.3, 0.4) is 0 Å². The molecule has 0 bridgehead atoms. The molecule has 0 amide bonds. The molecule has 0 spiro atoms. The Bertz CT molecular complexity index is 491. The molecule has 4 heteroatoms. The van der Waals surface area contributed by atoms with Crippen molar-refractivity contribution in [2.75, 3.05) is 20.3 Å². The number of hydrogen-bond donors (Lipinski definition) is 1. The van der Waals surface area contributed by atoms with Crippen molar-refractivity contribution in [2.45, 2.75) is 16.3 Å². The first-order valence-corrected chi connectivity index (χ1v) is 7.07. The van der Waals surface area contributed by atoms with E-state index in [0.29, 0.717) is 0 Å². The summed E-state index contributed by atoms with van der Waals surface area (Å²) in [5.41, 5.74) is 1.31. The van der Waals surface area contributed by atoms with Crippen LogP contribution in [0.15, 0.2) is 58.6 Å². The second-order valence-electron chi connectivity index (χ2n) is 4.06. The quantitative estimate of drug-likeness (QED) is 0.787. The Kier molecular flexibility index (Phi) is 5.88. The van der Waals surface area contributed by atoms with Gasteiger partial charge in [-0.2, -0.15) is 0 Å². The maximum Gasteiger partial charge on any atom is 0.0587 e. The highest BCUT2D eigenvalue weighted by Crippen LogP contribution is 2.29. The van der Waals surface area contributed by atoms with E-state index in [1.165, 1.54) is 15.4 Å². The van der Waals surface area contributed by atoms with Crippen molar-refractivity contribution in [1.29, 1.82) is 0 Å². The van der Waals surface area contributed by atoms with Gasteiger partial charge in [-0.3, -0.25) is 4.98 Å². The topological polar surface area (TPSA) is 34.1 Å². The summed E-state index contributed by atoms with van der Waals surface area (Å²) in [7, 11) is 1.72. The number of rotatable bonds is 7. The molecule has 19 heavy (non-hydrogen) atoms. The molecule has 1 aromatic carbocycles. The summed E-state index contributed by atoms with van der Waals surface area (Å²) < 4.78 is 5.03. The zero-order chi connectivity index (χ0) is 13.3. The summed E-state index contributed by atoms with van der Waals surface area (Å²) in [6.07, 6.45) is 3.64. The van der Waals surface area contributed by atoms with Crippen LogP contribution < -0.4 is 5.32 Å². The zero-order valence-corrected chi connectivity index (χ0v) is 11.8. The average molecular weight is 274 g/mol. The van der Waals surface area contributed by atoms with Gasteiger partial charge >= 0.3 is 0 Å². The Hall–Kier alpha value is -1.36. The molecule has 0 atom stereocenters. The Morgan fingerprint density at radius 3 is 2.74 bits per heavy atom. The first-order valence-electron chi connectivity index (χ1n) is 6.25. The molecular formula is C15H18N2OS. The summed E-state index contributed by atoms with van der Waals surface area (Å²) in [6, 6.07) is 12.5. The first kappa shape index (κ1) is 14.1. The van der Waals surface area contributed by atoms with E-state index in [2.05, 4.69) is 34.6 Å². The molecule has 0 fully saturated rings. The van der Waals surface area contributed by atoms with Crippen LogP contribution in [0, 0.1) is 0 Å². The Labute approximate surface area is 118 Å². The van der Waals surface area contributed by atoms with Crippen molar-refractivity contribution in [2.24, 2.45) is 0 Å². The van der Waals surface area contributed by atoms with E-state index in [-0.39, 0.29) is 0 Å². The first-order chi connectivity index (χ1) is 9.40. The predicted octanol–water partition coefficient (Wildman–Crippen LogP) is 2.97. The second-order valence-corrected chi connectivity index (χ2v) is 5.18. The molecule has 0 aliphatic heterocycles. The molecular weight excluding hydrogens is 256 g/mol. The number of pyridine rings is 1. The molecule has 2 aromatic rings. The normalized spacial score (nSPS) is 10.6.